The average Bonchev–Trinajstić information content (AvgIpc) is 2.65. The summed E-state index contributed by atoms with van der Waals surface area (Å²) in [5.41, 5.74) is 8.53. The average molecular weight is 279 g/mol. The van der Waals surface area contributed by atoms with Gasteiger partial charge in [-0.15, -0.1) is 11.3 Å². The van der Waals surface area contributed by atoms with E-state index < -0.39 is 0 Å². The standard InChI is InChI=1S/C14H21N3OS/c1-5-18-14(3,4)8-16-11-7-12-13(6-10(11)15)19-9(2)17-12/h6-7,16H,5,8,15H2,1-4H3. The molecule has 0 amide bonds. The van der Waals surface area contributed by atoms with Gasteiger partial charge in [0.15, 0.2) is 0 Å². The Morgan fingerprint density at radius 3 is 2.84 bits per heavy atom. The van der Waals surface area contributed by atoms with Gasteiger partial charge in [0.05, 0.1) is 32.2 Å². The van der Waals surface area contributed by atoms with E-state index in [9.17, 15) is 0 Å². The molecule has 4 nitrogen and oxygen atoms in total. The molecule has 2 aromatic rings. The maximum Gasteiger partial charge on any atom is 0.0907 e. The summed E-state index contributed by atoms with van der Waals surface area (Å²) in [6.07, 6.45) is 0. The highest BCUT2D eigenvalue weighted by atomic mass is 32.1. The molecule has 0 aliphatic rings. The molecule has 0 spiro atoms. The fourth-order valence-electron chi connectivity index (χ4n) is 2.01. The van der Waals surface area contributed by atoms with E-state index in [0.717, 1.165) is 26.6 Å². The topological polar surface area (TPSA) is 60.2 Å². The van der Waals surface area contributed by atoms with E-state index in [-0.39, 0.29) is 5.60 Å². The molecule has 3 N–H and O–H groups in total. The van der Waals surface area contributed by atoms with Gasteiger partial charge in [-0.3, -0.25) is 0 Å². The first-order chi connectivity index (χ1) is 8.91. The molecule has 19 heavy (non-hydrogen) atoms. The van der Waals surface area contributed by atoms with Crippen LogP contribution in [-0.2, 0) is 4.74 Å². The monoisotopic (exact) mass is 279 g/mol. The fraction of sp³-hybridized carbons (Fsp3) is 0.500. The van der Waals surface area contributed by atoms with E-state index >= 15 is 0 Å². The van der Waals surface area contributed by atoms with Gasteiger partial charge in [-0.2, -0.15) is 0 Å². The van der Waals surface area contributed by atoms with Crippen molar-refractivity contribution in [1.82, 2.24) is 4.98 Å². The Kier molecular flexibility index (Phi) is 3.96. The van der Waals surface area contributed by atoms with Gasteiger partial charge in [-0.1, -0.05) is 0 Å². The summed E-state index contributed by atoms with van der Waals surface area (Å²) in [7, 11) is 0. The number of aryl methyl sites for hydroxylation is 1. The summed E-state index contributed by atoms with van der Waals surface area (Å²) in [6.45, 7) is 9.54. The minimum atomic E-state index is -0.214. The van der Waals surface area contributed by atoms with Gasteiger partial charge in [0.25, 0.3) is 0 Å². The first-order valence-electron chi connectivity index (χ1n) is 6.46. The number of fused-ring (bicyclic) bond motifs is 1. The smallest absolute Gasteiger partial charge is 0.0907 e. The Hall–Kier alpha value is -1.33. The summed E-state index contributed by atoms with van der Waals surface area (Å²) in [4.78, 5) is 4.49. The van der Waals surface area contributed by atoms with Gasteiger partial charge in [-0.25, -0.2) is 4.98 Å². The molecule has 0 bridgehead atoms. The summed E-state index contributed by atoms with van der Waals surface area (Å²) in [5.74, 6) is 0. The largest absolute Gasteiger partial charge is 0.397 e. The highest BCUT2D eigenvalue weighted by molar-refractivity contribution is 7.18. The number of nitrogens with one attached hydrogen (secondary N) is 1. The molecule has 0 unspecified atom stereocenters. The maximum atomic E-state index is 6.07. The minimum Gasteiger partial charge on any atom is -0.397 e. The molecule has 104 valence electrons. The van der Waals surface area contributed by atoms with Crippen molar-refractivity contribution in [2.45, 2.75) is 33.3 Å². The number of rotatable bonds is 5. The van der Waals surface area contributed by atoms with Crippen molar-refractivity contribution in [2.75, 3.05) is 24.2 Å². The highest BCUT2D eigenvalue weighted by Crippen LogP contribution is 2.30. The molecule has 2 rings (SSSR count). The van der Waals surface area contributed by atoms with Gasteiger partial charge in [0.1, 0.15) is 0 Å². The number of nitrogens with two attached hydrogens (primary N) is 1. The summed E-state index contributed by atoms with van der Waals surface area (Å²) in [5, 5.41) is 4.41. The van der Waals surface area contributed by atoms with Crippen LogP contribution in [0.25, 0.3) is 10.2 Å². The number of aromatic nitrogens is 1. The zero-order valence-electron chi connectivity index (χ0n) is 11.9. The number of benzene rings is 1. The van der Waals surface area contributed by atoms with Crippen LogP contribution in [-0.4, -0.2) is 23.7 Å². The van der Waals surface area contributed by atoms with Crippen LogP contribution in [0.4, 0.5) is 11.4 Å². The molecule has 0 fully saturated rings. The van der Waals surface area contributed by atoms with Gasteiger partial charge in [0, 0.05) is 13.2 Å². The molecule has 1 heterocycles. The zero-order valence-corrected chi connectivity index (χ0v) is 12.7. The molecule has 0 aliphatic heterocycles. The van der Waals surface area contributed by atoms with Crippen molar-refractivity contribution in [3.05, 3.63) is 17.1 Å². The lowest BCUT2D eigenvalue weighted by Crippen LogP contribution is -2.33. The Morgan fingerprint density at radius 1 is 1.42 bits per heavy atom. The fourth-order valence-corrected chi connectivity index (χ4v) is 2.87. The zero-order chi connectivity index (χ0) is 14.0. The Labute approximate surface area is 118 Å². The van der Waals surface area contributed by atoms with Crippen LogP contribution in [0.15, 0.2) is 12.1 Å². The summed E-state index contributed by atoms with van der Waals surface area (Å²) >= 11 is 1.66. The normalized spacial score (nSPS) is 12.0. The van der Waals surface area contributed by atoms with Crippen LogP contribution in [0.2, 0.25) is 0 Å². The first kappa shape index (κ1) is 14.1. The molecule has 1 aromatic heterocycles. The SMILES string of the molecule is CCOC(C)(C)CNc1cc2nc(C)sc2cc1N. The summed E-state index contributed by atoms with van der Waals surface area (Å²) < 4.78 is 6.79. The second-order valence-corrected chi connectivity index (χ2v) is 6.42. The van der Waals surface area contributed by atoms with Crippen LogP contribution < -0.4 is 11.1 Å². The van der Waals surface area contributed by atoms with E-state index in [0.29, 0.717) is 13.2 Å². The lowest BCUT2D eigenvalue weighted by Gasteiger charge is -2.25. The molecule has 5 heteroatoms. The van der Waals surface area contributed by atoms with Crippen LogP contribution in [0.1, 0.15) is 25.8 Å². The quantitative estimate of drug-likeness (QED) is 0.823. The maximum absolute atomic E-state index is 6.07. The Morgan fingerprint density at radius 2 is 2.16 bits per heavy atom. The third-order valence-corrected chi connectivity index (χ3v) is 3.84. The van der Waals surface area contributed by atoms with Gasteiger partial charge >= 0.3 is 0 Å². The predicted octanol–water partition coefficient (Wildman–Crippen LogP) is 3.41. The van der Waals surface area contributed by atoms with Gasteiger partial charge in [0.2, 0.25) is 0 Å². The number of hydrogen-bond donors (Lipinski definition) is 2. The van der Waals surface area contributed by atoms with E-state index in [2.05, 4.69) is 24.1 Å². The van der Waals surface area contributed by atoms with E-state index in [1.807, 2.05) is 26.0 Å². The van der Waals surface area contributed by atoms with Crippen molar-refractivity contribution in [2.24, 2.45) is 0 Å². The summed E-state index contributed by atoms with van der Waals surface area (Å²) in [6, 6.07) is 3.99. The second-order valence-electron chi connectivity index (χ2n) is 5.19. The first-order valence-corrected chi connectivity index (χ1v) is 7.27. The van der Waals surface area contributed by atoms with Gasteiger partial charge < -0.3 is 15.8 Å². The minimum absolute atomic E-state index is 0.214. The third kappa shape index (κ3) is 3.36. The molecule has 0 saturated carbocycles. The van der Waals surface area contributed by atoms with Gasteiger partial charge in [-0.05, 0) is 39.8 Å². The van der Waals surface area contributed by atoms with Crippen LogP contribution >= 0.6 is 11.3 Å². The Bertz CT molecular complexity index is 577. The van der Waals surface area contributed by atoms with Crippen molar-refractivity contribution < 1.29 is 4.74 Å². The predicted molar refractivity (Wildman–Crippen MR) is 83.0 cm³/mol. The highest BCUT2D eigenvalue weighted by Gasteiger charge is 2.17. The molecule has 0 atom stereocenters. The van der Waals surface area contributed by atoms with E-state index in [4.69, 9.17) is 10.5 Å². The van der Waals surface area contributed by atoms with E-state index in [1.165, 1.54) is 0 Å². The molecule has 0 aliphatic carbocycles. The number of thiazole rings is 1. The number of anilines is 2. The third-order valence-electron chi connectivity index (χ3n) is 2.91. The van der Waals surface area contributed by atoms with Crippen LogP contribution in [0.5, 0.6) is 0 Å². The Balaban J connectivity index is 2.18. The molecule has 1 aromatic carbocycles. The molecular formula is C14H21N3OS. The van der Waals surface area contributed by atoms with Crippen LogP contribution in [0, 0.1) is 6.92 Å². The lowest BCUT2D eigenvalue weighted by molar-refractivity contribution is 0.000711. The molecular weight excluding hydrogens is 258 g/mol. The van der Waals surface area contributed by atoms with E-state index in [1.54, 1.807) is 11.3 Å². The van der Waals surface area contributed by atoms with Crippen LogP contribution in [0.3, 0.4) is 0 Å². The lowest BCUT2D eigenvalue weighted by atomic mass is 10.1. The number of ether oxygens (including phenoxy) is 1. The van der Waals surface area contributed by atoms with Crippen molar-refractivity contribution in [1.29, 1.82) is 0 Å². The van der Waals surface area contributed by atoms with Crippen molar-refractivity contribution >= 4 is 32.9 Å². The van der Waals surface area contributed by atoms with Crippen molar-refractivity contribution in [3.8, 4) is 0 Å². The molecule has 0 radical (unpaired) electrons. The number of hydrogen-bond acceptors (Lipinski definition) is 5. The number of nitrogen functional groups attached to an aromatic ring is 1. The molecule has 0 saturated heterocycles. The second kappa shape index (κ2) is 5.35. The van der Waals surface area contributed by atoms with Crippen molar-refractivity contribution in [3.63, 3.8) is 0 Å². The number of nitrogens with zero attached hydrogens (tertiary/aromatic N) is 1.